The first-order valence-electron chi connectivity index (χ1n) is 4.25. The number of rotatable bonds is 0. The molecule has 0 amide bonds. The molecule has 13 heavy (non-hydrogen) atoms. The van der Waals surface area contributed by atoms with Gasteiger partial charge in [-0.2, -0.15) is 0 Å². The number of aryl methyl sites for hydroxylation is 3. The lowest BCUT2D eigenvalue weighted by Gasteiger charge is -2.03. The van der Waals surface area contributed by atoms with E-state index in [0.29, 0.717) is 0 Å². The normalized spacial score (nSPS) is 10.7. The van der Waals surface area contributed by atoms with E-state index >= 15 is 0 Å². The molecule has 2 aromatic rings. The Hall–Kier alpha value is -1.51. The summed E-state index contributed by atoms with van der Waals surface area (Å²) in [6.45, 7) is 5.93. The summed E-state index contributed by atoms with van der Waals surface area (Å²) in [5.74, 6) is 0.781. The zero-order valence-electron chi connectivity index (χ0n) is 8.00. The lowest BCUT2D eigenvalue weighted by atomic mass is 10.1. The molecule has 0 aliphatic heterocycles. The Kier molecular flexibility index (Phi) is 1.72. The topological polar surface area (TPSA) is 38.7 Å². The summed E-state index contributed by atoms with van der Waals surface area (Å²) in [6.07, 6.45) is 1.78. The predicted octanol–water partition coefficient (Wildman–Crippen LogP) is 1.95. The van der Waals surface area contributed by atoms with Crippen molar-refractivity contribution in [1.82, 2.24) is 15.0 Å². The van der Waals surface area contributed by atoms with Gasteiger partial charge in [-0.1, -0.05) is 0 Å². The summed E-state index contributed by atoms with van der Waals surface area (Å²) < 4.78 is 0. The van der Waals surface area contributed by atoms with Gasteiger partial charge in [0.25, 0.3) is 0 Å². The monoisotopic (exact) mass is 173 g/mol. The van der Waals surface area contributed by atoms with Crippen LogP contribution in [0.2, 0.25) is 0 Å². The van der Waals surface area contributed by atoms with E-state index in [2.05, 4.69) is 21.9 Å². The van der Waals surface area contributed by atoms with Crippen LogP contribution < -0.4 is 0 Å². The second-order valence-electron chi connectivity index (χ2n) is 3.18. The first kappa shape index (κ1) is 8.10. The Morgan fingerprint density at radius 2 is 1.85 bits per heavy atom. The molecular formula is C10H11N3. The van der Waals surface area contributed by atoms with Crippen molar-refractivity contribution in [1.29, 1.82) is 0 Å². The average molecular weight is 173 g/mol. The van der Waals surface area contributed by atoms with Crippen LogP contribution in [-0.4, -0.2) is 15.0 Å². The molecule has 3 heteroatoms. The third-order valence-electron chi connectivity index (χ3n) is 2.10. The van der Waals surface area contributed by atoms with Crippen molar-refractivity contribution in [2.24, 2.45) is 0 Å². The van der Waals surface area contributed by atoms with Gasteiger partial charge in [0.05, 0.1) is 5.69 Å². The van der Waals surface area contributed by atoms with Crippen LogP contribution in [0, 0.1) is 20.8 Å². The minimum atomic E-state index is 0.781. The van der Waals surface area contributed by atoms with Crippen LogP contribution in [0.1, 0.15) is 17.1 Å². The van der Waals surface area contributed by atoms with E-state index < -0.39 is 0 Å². The Labute approximate surface area is 76.9 Å². The SMILES string of the molecule is Cc1nc(C)c2c(C)ccnc2n1. The molecule has 0 saturated heterocycles. The molecule has 0 N–H and O–H groups in total. The fraction of sp³-hybridized carbons (Fsp3) is 0.300. The second kappa shape index (κ2) is 2.76. The van der Waals surface area contributed by atoms with E-state index in [1.165, 1.54) is 5.56 Å². The maximum absolute atomic E-state index is 4.31. The minimum Gasteiger partial charge on any atom is -0.238 e. The van der Waals surface area contributed by atoms with Gasteiger partial charge in [0, 0.05) is 11.6 Å². The van der Waals surface area contributed by atoms with Crippen LogP contribution >= 0.6 is 0 Å². The van der Waals surface area contributed by atoms with Crippen molar-refractivity contribution < 1.29 is 0 Å². The fourth-order valence-electron chi connectivity index (χ4n) is 1.55. The van der Waals surface area contributed by atoms with E-state index in [4.69, 9.17) is 0 Å². The highest BCUT2D eigenvalue weighted by Gasteiger charge is 2.04. The summed E-state index contributed by atoms with van der Waals surface area (Å²) in [7, 11) is 0. The van der Waals surface area contributed by atoms with Crippen LogP contribution in [0.15, 0.2) is 12.3 Å². The minimum absolute atomic E-state index is 0.781. The van der Waals surface area contributed by atoms with Crippen molar-refractivity contribution in [3.8, 4) is 0 Å². The number of nitrogens with zero attached hydrogens (tertiary/aromatic N) is 3. The Morgan fingerprint density at radius 3 is 2.62 bits per heavy atom. The molecule has 0 aliphatic carbocycles. The van der Waals surface area contributed by atoms with Crippen LogP contribution in [-0.2, 0) is 0 Å². The van der Waals surface area contributed by atoms with Crippen molar-refractivity contribution in [2.75, 3.05) is 0 Å². The smallest absolute Gasteiger partial charge is 0.163 e. The lowest BCUT2D eigenvalue weighted by molar-refractivity contribution is 1.03. The first-order valence-corrected chi connectivity index (χ1v) is 4.25. The summed E-state index contributed by atoms with van der Waals surface area (Å²) >= 11 is 0. The molecule has 0 aromatic carbocycles. The molecule has 2 aromatic heterocycles. The Bertz CT molecular complexity index is 463. The molecule has 0 fully saturated rings. The largest absolute Gasteiger partial charge is 0.238 e. The zero-order chi connectivity index (χ0) is 9.42. The van der Waals surface area contributed by atoms with Gasteiger partial charge in [-0.3, -0.25) is 0 Å². The van der Waals surface area contributed by atoms with Crippen LogP contribution in [0.25, 0.3) is 11.0 Å². The van der Waals surface area contributed by atoms with E-state index in [0.717, 1.165) is 22.6 Å². The molecule has 0 atom stereocenters. The Balaban J connectivity index is 2.94. The molecule has 0 radical (unpaired) electrons. The highest BCUT2D eigenvalue weighted by atomic mass is 14.9. The van der Waals surface area contributed by atoms with Crippen molar-refractivity contribution in [2.45, 2.75) is 20.8 Å². The van der Waals surface area contributed by atoms with Gasteiger partial charge in [0.1, 0.15) is 5.82 Å². The van der Waals surface area contributed by atoms with Crippen LogP contribution in [0.4, 0.5) is 0 Å². The number of pyridine rings is 1. The summed E-state index contributed by atoms with van der Waals surface area (Å²) in [5, 5.41) is 1.08. The molecular weight excluding hydrogens is 162 g/mol. The quantitative estimate of drug-likeness (QED) is 0.611. The van der Waals surface area contributed by atoms with Crippen LogP contribution in [0.3, 0.4) is 0 Å². The summed E-state index contributed by atoms with van der Waals surface area (Å²) in [6, 6.07) is 1.98. The summed E-state index contributed by atoms with van der Waals surface area (Å²) in [4.78, 5) is 12.8. The predicted molar refractivity (Wildman–Crippen MR) is 51.5 cm³/mol. The molecule has 66 valence electrons. The maximum atomic E-state index is 4.31. The molecule has 0 unspecified atom stereocenters. The number of fused-ring (bicyclic) bond motifs is 1. The van der Waals surface area contributed by atoms with E-state index in [9.17, 15) is 0 Å². The fourth-order valence-corrected chi connectivity index (χ4v) is 1.55. The second-order valence-corrected chi connectivity index (χ2v) is 3.18. The molecule has 0 bridgehead atoms. The molecule has 2 heterocycles. The lowest BCUT2D eigenvalue weighted by Crippen LogP contribution is -1.96. The molecule has 0 aliphatic rings. The average Bonchev–Trinajstić information content (AvgIpc) is 2.02. The van der Waals surface area contributed by atoms with Gasteiger partial charge in [0.2, 0.25) is 0 Å². The van der Waals surface area contributed by atoms with Crippen molar-refractivity contribution >= 4 is 11.0 Å². The maximum Gasteiger partial charge on any atom is 0.163 e. The third-order valence-corrected chi connectivity index (χ3v) is 2.10. The molecule has 3 nitrogen and oxygen atoms in total. The van der Waals surface area contributed by atoms with Gasteiger partial charge in [0.15, 0.2) is 5.65 Å². The standard InChI is InChI=1S/C10H11N3/c1-6-4-5-11-10-9(6)7(2)12-8(3)13-10/h4-5H,1-3H3. The number of aromatic nitrogens is 3. The van der Waals surface area contributed by atoms with Gasteiger partial charge in [-0.15, -0.1) is 0 Å². The Morgan fingerprint density at radius 1 is 1.08 bits per heavy atom. The molecule has 2 rings (SSSR count). The number of hydrogen-bond acceptors (Lipinski definition) is 3. The van der Waals surface area contributed by atoms with Gasteiger partial charge < -0.3 is 0 Å². The van der Waals surface area contributed by atoms with Gasteiger partial charge in [-0.05, 0) is 32.4 Å². The highest BCUT2D eigenvalue weighted by Crippen LogP contribution is 2.16. The van der Waals surface area contributed by atoms with Crippen molar-refractivity contribution in [3.05, 3.63) is 29.3 Å². The first-order chi connectivity index (χ1) is 6.18. The zero-order valence-corrected chi connectivity index (χ0v) is 8.00. The highest BCUT2D eigenvalue weighted by molar-refractivity contribution is 5.80. The van der Waals surface area contributed by atoms with E-state index in [1.54, 1.807) is 6.20 Å². The number of hydrogen-bond donors (Lipinski definition) is 0. The molecule has 0 saturated carbocycles. The third kappa shape index (κ3) is 1.26. The van der Waals surface area contributed by atoms with Crippen molar-refractivity contribution in [3.63, 3.8) is 0 Å². The van der Waals surface area contributed by atoms with Gasteiger partial charge in [-0.25, -0.2) is 15.0 Å². The molecule has 0 spiro atoms. The van der Waals surface area contributed by atoms with E-state index in [1.807, 2.05) is 19.9 Å². The van der Waals surface area contributed by atoms with E-state index in [-0.39, 0.29) is 0 Å². The summed E-state index contributed by atoms with van der Waals surface area (Å²) in [5.41, 5.74) is 2.99. The van der Waals surface area contributed by atoms with Gasteiger partial charge >= 0.3 is 0 Å². The van der Waals surface area contributed by atoms with Crippen LogP contribution in [0.5, 0.6) is 0 Å².